The van der Waals surface area contributed by atoms with Crippen LogP contribution in [0.5, 0.6) is 0 Å². The second-order valence-corrected chi connectivity index (χ2v) is 8.67. The molecule has 3 heterocycles. The topological polar surface area (TPSA) is 34.0 Å². The predicted molar refractivity (Wildman–Crippen MR) is 116 cm³/mol. The van der Waals surface area contributed by atoms with Gasteiger partial charge in [-0.3, -0.25) is 9.58 Å². The Morgan fingerprint density at radius 2 is 2.07 bits per heavy atom. The van der Waals surface area contributed by atoms with E-state index in [1.165, 1.54) is 10.3 Å². The van der Waals surface area contributed by atoms with Gasteiger partial charge in [0.1, 0.15) is 6.17 Å². The second-order valence-electron chi connectivity index (χ2n) is 7.78. The number of alkyl halides is 1. The zero-order chi connectivity index (χ0) is 20.0. The van der Waals surface area contributed by atoms with E-state index < -0.39 is 6.17 Å². The molecule has 0 amide bonds. The highest BCUT2D eigenvalue weighted by Crippen LogP contribution is 2.34. The van der Waals surface area contributed by atoms with Crippen molar-refractivity contribution in [3.05, 3.63) is 71.0 Å². The predicted octanol–water partition coefficient (Wildman–Crippen LogP) is 5.33. The van der Waals surface area contributed by atoms with Crippen LogP contribution in [0.1, 0.15) is 35.8 Å². The highest BCUT2D eigenvalue weighted by molar-refractivity contribution is 7.16. The van der Waals surface area contributed by atoms with Crippen LogP contribution in [0.15, 0.2) is 54.3 Å². The summed E-state index contributed by atoms with van der Waals surface area (Å²) in [6, 6.07) is 12.7. The molecule has 0 fully saturated rings. The van der Waals surface area contributed by atoms with Gasteiger partial charge in [0, 0.05) is 37.9 Å². The van der Waals surface area contributed by atoms with E-state index in [9.17, 15) is 0 Å². The molecular weight excluding hydrogens is 383 g/mol. The summed E-state index contributed by atoms with van der Waals surface area (Å²) >= 11 is 1.65. The maximum Gasteiger partial charge on any atom is 0.138 e. The number of nitrogens with zero attached hydrogens (tertiary/aromatic N) is 4. The Hall–Kier alpha value is -2.57. The largest absolute Gasteiger partial charge is 0.293 e. The lowest BCUT2D eigenvalue weighted by Crippen LogP contribution is -2.30. The number of hydrogen-bond acceptors (Lipinski definition) is 4. The van der Waals surface area contributed by atoms with Gasteiger partial charge in [0.25, 0.3) is 0 Å². The number of thiazole rings is 1. The van der Waals surface area contributed by atoms with E-state index in [1.807, 2.05) is 37.1 Å². The van der Waals surface area contributed by atoms with Crippen molar-refractivity contribution >= 4 is 21.6 Å². The zero-order valence-electron chi connectivity index (χ0n) is 16.5. The van der Waals surface area contributed by atoms with Crippen LogP contribution in [-0.4, -0.2) is 32.8 Å². The maximum absolute atomic E-state index is 15.2. The number of hydrogen-bond donors (Lipinski definition) is 0. The summed E-state index contributed by atoms with van der Waals surface area (Å²) in [7, 11) is 1.91. The van der Waals surface area contributed by atoms with Gasteiger partial charge in [-0.1, -0.05) is 24.3 Å². The van der Waals surface area contributed by atoms with Crippen molar-refractivity contribution in [3.63, 3.8) is 0 Å². The molecule has 0 bridgehead atoms. The molecule has 0 saturated heterocycles. The van der Waals surface area contributed by atoms with Crippen molar-refractivity contribution in [3.8, 4) is 11.1 Å². The molecule has 2 aromatic heterocycles. The molecule has 0 spiro atoms. The molecule has 2 atom stereocenters. The second kappa shape index (κ2) is 7.35. The first-order valence-electron chi connectivity index (χ1n) is 9.91. The summed E-state index contributed by atoms with van der Waals surface area (Å²) in [5.74, 6) is 0. The van der Waals surface area contributed by atoms with Crippen LogP contribution in [0.25, 0.3) is 21.3 Å². The Balaban J connectivity index is 1.40. The first kappa shape index (κ1) is 18.5. The van der Waals surface area contributed by atoms with E-state index in [2.05, 4.69) is 46.2 Å². The first-order chi connectivity index (χ1) is 14.1. The third-order valence-electron chi connectivity index (χ3n) is 5.97. The fourth-order valence-corrected chi connectivity index (χ4v) is 4.89. The zero-order valence-corrected chi connectivity index (χ0v) is 17.4. The Bertz CT molecular complexity index is 1160. The first-order valence-corrected chi connectivity index (χ1v) is 10.8. The van der Waals surface area contributed by atoms with E-state index in [1.54, 1.807) is 16.0 Å². The van der Waals surface area contributed by atoms with Gasteiger partial charge in [-0.2, -0.15) is 5.10 Å². The molecule has 148 valence electrons. The molecule has 0 radical (unpaired) electrons. The van der Waals surface area contributed by atoms with Gasteiger partial charge in [-0.05, 0) is 47.7 Å². The molecule has 0 saturated carbocycles. The quantitative estimate of drug-likeness (QED) is 0.461. The van der Waals surface area contributed by atoms with Crippen molar-refractivity contribution in [2.45, 2.75) is 25.6 Å². The average Bonchev–Trinajstić information content (AvgIpc) is 3.34. The molecule has 0 aliphatic carbocycles. The maximum atomic E-state index is 15.2. The third kappa shape index (κ3) is 3.47. The van der Waals surface area contributed by atoms with E-state index in [0.717, 1.165) is 40.7 Å². The van der Waals surface area contributed by atoms with Crippen molar-refractivity contribution in [2.75, 3.05) is 13.1 Å². The van der Waals surface area contributed by atoms with Crippen molar-refractivity contribution < 1.29 is 4.39 Å². The van der Waals surface area contributed by atoms with Gasteiger partial charge in [-0.15, -0.1) is 11.3 Å². The van der Waals surface area contributed by atoms with Gasteiger partial charge < -0.3 is 0 Å². The molecule has 1 aliphatic heterocycles. The highest BCUT2D eigenvalue weighted by Gasteiger charge is 2.26. The number of rotatable bonds is 3. The smallest absolute Gasteiger partial charge is 0.138 e. The molecule has 2 aromatic carbocycles. The van der Waals surface area contributed by atoms with Crippen LogP contribution in [-0.2, 0) is 13.5 Å². The number of aryl methyl sites for hydroxylation is 1. The van der Waals surface area contributed by atoms with Gasteiger partial charge >= 0.3 is 0 Å². The number of benzene rings is 2. The van der Waals surface area contributed by atoms with Crippen LogP contribution >= 0.6 is 11.3 Å². The Morgan fingerprint density at radius 3 is 2.90 bits per heavy atom. The molecule has 0 N–H and O–H groups in total. The van der Waals surface area contributed by atoms with E-state index in [0.29, 0.717) is 6.54 Å². The Morgan fingerprint density at radius 1 is 1.17 bits per heavy atom. The summed E-state index contributed by atoms with van der Waals surface area (Å²) in [5.41, 5.74) is 8.18. The molecule has 4 aromatic rings. The number of halogens is 1. The van der Waals surface area contributed by atoms with Gasteiger partial charge in [-0.25, -0.2) is 9.37 Å². The normalized spacial score (nSPS) is 18.5. The number of fused-ring (bicyclic) bond motifs is 2. The lowest BCUT2D eigenvalue weighted by molar-refractivity contribution is 0.161. The summed E-state index contributed by atoms with van der Waals surface area (Å²) in [5, 5.41) is 4.26. The summed E-state index contributed by atoms with van der Waals surface area (Å²) in [6.07, 6.45) is 3.71. The van der Waals surface area contributed by atoms with E-state index in [-0.39, 0.29) is 6.04 Å². The standard InChI is InChI=1S/C23H23FN4S/c1-15(16-4-6-23-22(10-16)25-14-29-23)28-8-7-18-9-17(19-11-26-27(2)12-19)3-5-20(18)21(24)13-28/h3-6,9-12,14-15,21H,7-8,13H2,1-2H3. The molecule has 6 heteroatoms. The fourth-order valence-electron chi connectivity index (χ4n) is 4.23. The minimum Gasteiger partial charge on any atom is -0.293 e. The van der Waals surface area contributed by atoms with Crippen LogP contribution in [0.3, 0.4) is 0 Å². The molecule has 5 rings (SSSR count). The minimum absolute atomic E-state index is 0.145. The van der Waals surface area contributed by atoms with Crippen molar-refractivity contribution in [2.24, 2.45) is 7.05 Å². The molecule has 29 heavy (non-hydrogen) atoms. The third-order valence-corrected chi connectivity index (χ3v) is 6.78. The monoisotopic (exact) mass is 406 g/mol. The summed E-state index contributed by atoms with van der Waals surface area (Å²) < 4.78 is 18.2. The van der Waals surface area contributed by atoms with Gasteiger partial charge in [0.2, 0.25) is 0 Å². The minimum atomic E-state index is -0.985. The molecule has 2 unspecified atom stereocenters. The summed E-state index contributed by atoms with van der Waals surface area (Å²) in [4.78, 5) is 6.68. The fraction of sp³-hybridized carbons (Fsp3) is 0.304. The van der Waals surface area contributed by atoms with Crippen molar-refractivity contribution in [1.29, 1.82) is 0 Å². The number of aromatic nitrogens is 3. The highest BCUT2D eigenvalue weighted by atomic mass is 32.1. The molecule has 4 nitrogen and oxygen atoms in total. The summed E-state index contributed by atoms with van der Waals surface area (Å²) in [6.45, 7) is 3.41. The van der Waals surface area contributed by atoms with Gasteiger partial charge in [0.05, 0.1) is 21.9 Å². The molecule has 1 aliphatic rings. The van der Waals surface area contributed by atoms with Crippen LogP contribution in [0.2, 0.25) is 0 Å². The SMILES string of the molecule is CC(c1ccc2scnc2c1)N1CCc2cc(-c3cnn(C)c3)ccc2C(F)C1. The Kier molecular flexibility index (Phi) is 4.68. The van der Waals surface area contributed by atoms with Crippen LogP contribution < -0.4 is 0 Å². The lowest BCUT2D eigenvalue weighted by atomic mass is 9.97. The van der Waals surface area contributed by atoms with Gasteiger partial charge in [0.15, 0.2) is 0 Å². The average molecular weight is 407 g/mol. The molecular formula is C23H23FN4S. The van der Waals surface area contributed by atoms with Crippen LogP contribution in [0.4, 0.5) is 4.39 Å². The van der Waals surface area contributed by atoms with Crippen LogP contribution in [0, 0.1) is 0 Å². The Labute approximate surface area is 173 Å². The van der Waals surface area contributed by atoms with E-state index in [4.69, 9.17) is 0 Å². The lowest BCUT2D eigenvalue weighted by Gasteiger charge is -2.28. The van der Waals surface area contributed by atoms with Crippen molar-refractivity contribution in [1.82, 2.24) is 19.7 Å². The van der Waals surface area contributed by atoms with E-state index >= 15 is 4.39 Å².